The third kappa shape index (κ3) is 6.40. The van der Waals surface area contributed by atoms with Crippen molar-refractivity contribution in [3.05, 3.63) is 0 Å². The number of carboxylic acids is 1. The molecule has 1 amide bonds. The summed E-state index contributed by atoms with van der Waals surface area (Å²) in [7, 11) is 0. The highest BCUT2D eigenvalue weighted by Crippen LogP contribution is 2.03. The van der Waals surface area contributed by atoms with Gasteiger partial charge in [0.2, 0.25) is 5.91 Å². The zero-order valence-electron chi connectivity index (χ0n) is 10.3. The van der Waals surface area contributed by atoms with E-state index in [1.165, 1.54) is 0 Å². The third-order valence-corrected chi connectivity index (χ3v) is 2.42. The van der Waals surface area contributed by atoms with Crippen molar-refractivity contribution in [2.75, 3.05) is 19.6 Å². The SMILES string of the molecule is CCCNC(=O)CN(CC)C(C)CC(=O)O. The van der Waals surface area contributed by atoms with Crippen LogP contribution in [0.2, 0.25) is 0 Å². The zero-order chi connectivity index (χ0) is 12.6. The third-order valence-electron chi connectivity index (χ3n) is 2.42. The number of nitrogens with one attached hydrogen (secondary N) is 1. The van der Waals surface area contributed by atoms with Gasteiger partial charge in [-0.2, -0.15) is 0 Å². The molecule has 0 spiro atoms. The van der Waals surface area contributed by atoms with E-state index in [0.29, 0.717) is 13.1 Å². The Labute approximate surface area is 96.8 Å². The Morgan fingerprint density at radius 1 is 1.38 bits per heavy atom. The molecule has 0 saturated carbocycles. The minimum absolute atomic E-state index is 0.0408. The van der Waals surface area contributed by atoms with E-state index in [1.54, 1.807) is 0 Å². The molecule has 0 rings (SSSR count). The second-order valence-electron chi connectivity index (χ2n) is 3.86. The minimum atomic E-state index is -0.833. The van der Waals surface area contributed by atoms with E-state index in [2.05, 4.69) is 5.32 Å². The number of amides is 1. The molecule has 2 N–H and O–H groups in total. The van der Waals surface area contributed by atoms with Crippen molar-refractivity contribution in [3.8, 4) is 0 Å². The van der Waals surface area contributed by atoms with Crippen LogP contribution >= 0.6 is 0 Å². The summed E-state index contributed by atoms with van der Waals surface area (Å²) >= 11 is 0. The van der Waals surface area contributed by atoms with Gasteiger partial charge < -0.3 is 10.4 Å². The van der Waals surface area contributed by atoms with Crippen LogP contribution in [0.15, 0.2) is 0 Å². The summed E-state index contributed by atoms with van der Waals surface area (Å²) in [5.74, 6) is -0.874. The summed E-state index contributed by atoms with van der Waals surface area (Å²) in [5.41, 5.74) is 0. The van der Waals surface area contributed by atoms with Crippen LogP contribution < -0.4 is 5.32 Å². The summed E-state index contributed by atoms with van der Waals surface area (Å²) in [6.45, 7) is 7.35. The topological polar surface area (TPSA) is 69.6 Å². The van der Waals surface area contributed by atoms with Gasteiger partial charge in [-0.3, -0.25) is 14.5 Å². The van der Waals surface area contributed by atoms with Crippen LogP contribution in [0.4, 0.5) is 0 Å². The highest BCUT2D eigenvalue weighted by Gasteiger charge is 2.17. The summed E-state index contributed by atoms with van der Waals surface area (Å²) in [6.07, 6.45) is 0.970. The summed E-state index contributed by atoms with van der Waals surface area (Å²) < 4.78 is 0. The number of carbonyl (C=O) groups excluding carboxylic acids is 1. The van der Waals surface area contributed by atoms with E-state index in [4.69, 9.17) is 5.11 Å². The van der Waals surface area contributed by atoms with E-state index in [9.17, 15) is 9.59 Å². The lowest BCUT2D eigenvalue weighted by molar-refractivity contribution is -0.138. The molecule has 5 heteroatoms. The van der Waals surface area contributed by atoms with Crippen molar-refractivity contribution in [2.24, 2.45) is 0 Å². The molecule has 16 heavy (non-hydrogen) atoms. The van der Waals surface area contributed by atoms with Gasteiger partial charge >= 0.3 is 5.97 Å². The summed E-state index contributed by atoms with van der Waals surface area (Å²) in [6, 6.07) is -0.116. The number of carboxylic acid groups (broad SMARTS) is 1. The van der Waals surface area contributed by atoms with Crippen LogP contribution in [-0.2, 0) is 9.59 Å². The second-order valence-corrected chi connectivity index (χ2v) is 3.86. The summed E-state index contributed by atoms with van der Waals surface area (Å²) in [4.78, 5) is 23.9. The fraction of sp³-hybridized carbons (Fsp3) is 0.818. The van der Waals surface area contributed by atoms with Gasteiger partial charge in [0, 0.05) is 12.6 Å². The number of aliphatic carboxylic acids is 1. The first-order valence-corrected chi connectivity index (χ1v) is 5.73. The number of hydrogen-bond donors (Lipinski definition) is 2. The van der Waals surface area contributed by atoms with Crippen LogP contribution in [0.1, 0.15) is 33.6 Å². The molecule has 0 bridgehead atoms. The Bertz CT molecular complexity index is 231. The first-order valence-electron chi connectivity index (χ1n) is 5.73. The number of nitrogens with zero attached hydrogens (tertiary/aromatic N) is 1. The molecular weight excluding hydrogens is 208 g/mol. The molecular formula is C11H22N2O3. The fourth-order valence-electron chi connectivity index (χ4n) is 1.47. The Morgan fingerprint density at radius 2 is 2.00 bits per heavy atom. The Hall–Kier alpha value is -1.10. The molecule has 0 radical (unpaired) electrons. The van der Waals surface area contributed by atoms with Crippen molar-refractivity contribution < 1.29 is 14.7 Å². The van der Waals surface area contributed by atoms with Crippen LogP contribution in [0, 0.1) is 0 Å². The molecule has 5 nitrogen and oxygen atoms in total. The molecule has 0 aliphatic rings. The van der Waals surface area contributed by atoms with E-state index in [-0.39, 0.29) is 24.9 Å². The Kier molecular flexibility index (Phi) is 7.54. The van der Waals surface area contributed by atoms with Crippen LogP contribution in [0.25, 0.3) is 0 Å². The van der Waals surface area contributed by atoms with E-state index < -0.39 is 5.97 Å². The lowest BCUT2D eigenvalue weighted by Crippen LogP contribution is -2.42. The predicted octanol–water partition coefficient (Wildman–Crippen LogP) is 0.698. The Morgan fingerprint density at radius 3 is 2.44 bits per heavy atom. The number of rotatable bonds is 8. The van der Waals surface area contributed by atoms with Crippen LogP contribution in [0.5, 0.6) is 0 Å². The van der Waals surface area contributed by atoms with Crippen molar-refractivity contribution in [1.82, 2.24) is 10.2 Å². The largest absolute Gasteiger partial charge is 0.481 e. The van der Waals surface area contributed by atoms with Gasteiger partial charge in [0.05, 0.1) is 13.0 Å². The molecule has 0 aliphatic heterocycles. The molecule has 0 aromatic rings. The molecule has 0 aliphatic carbocycles. The highest BCUT2D eigenvalue weighted by atomic mass is 16.4. The standard InChI is InChI=1S/C11H22N2O3/c1-4-6-12-10(14)8-13(5-2)9(3)7-11(15)16/h9H,4-8H2,1-3H3,(H,12,14)(H,15,16). The highest BCUT2D eigenvalue weighted by molar-refractivity contribution is 5.78. The van der Waals surface area contributed by atoms with Crippen molar-refractivity contribution in [2.45, 2.75) is 39.7 Å². The molecule has 0 aromatic carbocycles. The maximum atomic E-state index is 11.5. The molecule has 0 aromatic heterocycles. The molecule has 1 atom stereocenters. The second kappa shape index (κ2) is 8.10. The minimum Gasteiger partial charge on any atom is -0.481 e. The molecule has 0 saturated heterocycles. The first kappa shape index (κ1) is 14.9. The van der Waals surface area contributed by atoms with Crippen molar-refractivity contribution >= 4 is 11.9 Å². The normalized spacial score (nSPS) is 12.5. The quantitative estimate of drug-likeness (QED) is 0.644. The van der Waals surface area contributed by atoms with Crippen LogP contribution in [0.3, 0.4) is 0 Å². The van der Waals surface area contributed by atoms with Crippen molar-refractivity contribution in [1.29, 1.82) is 0 Å². The average molecular weight is 230 g/mol. The lowest BCUT2D eigenvalue weighted by atomic mass is 10.2. The molecule has 0 heterocycles. The van der Waals surface area contributed by atoms with Gasteiger partial charge in [0.1, 0.15) is 0 Å². The van der Waals surface area contributed by atoms with Crippen LogP contribution in [-0.4, -0.2) is 47.6 Å². The smallest absolute Gasteiger partial charge is 0.304 e. The average Bonchev–Trinajstić information content (AvgIpc) is 2.21. The van der Waals surface area contributed by atoms with Gasteiger partial charge in [-0.05, 0) is 19.9 Å². The lowest BCUT2D eigenvalue weighted by Gasteiger charge is -2.25. The van der Waals surface area contributed by atoms with E-state index in [0.717, 1.165) is 6.42 Å². The molecule has 0 fully saturated rings. The first-order chi connectivity index (χ1) is 7.51. The van der Waals surface area contributed by atoms with E-state index >= 15 is 0 Å². The maximum absolute atomic E-state index is 11.5. The maximum Gasteiger partial charge on any atom is 0.304 e. The van der Waals surface area contributed by atoms with Gasteiger partial charge in [0.25, 0.3) is 0 Å². The van der Waals surface area contributed by atoms with Gasteiger partial charge in [0.15, 0.2) is 0 Å². The van der Waals surface area contributed by atoms with Gasteiger partial charge in [-0.25, -0.2) is 0 Å². The zero-order valence-corrected chi connectivity index (χ0v) is 10.3. The van der Waals surface area contributed by atoms with Gasteiger partial charge in [-0.1, -0.05) is 13.8 Å². The predicted molar refractivity (Wildman–Crippen MR) is 62.3 cm³/mol. The summed E-state index contributed by atoms with van der Waals surface area (Å²) in [5, 5.41) is 11.5. The molecule has 94 valence electrons. The van der Waals surface area contributed by atoms with Crippen molar-refractivity contribution in [3.63, 3.8) is 0 Å². The van der Waals surface area contributed by atoms with E-state index in [1.807, 2.05) is 25.7 Å². The fourth-order valence-corrected chi connectivity index (χ4v) is 1.47. The van der Waals surface area contributed by atoms with Gasteiger partial charge in [-0.15, -0.1) is 0 Å². The molecule has 1 unspecified atom stereocenters. The Balaban J connectivity index is 4.07. The number of carbonyl (C=O) groups is 2. The number of likely N-dealkylation sites (N-methyl/N-ethyl adjacent to an activating group) is 1. The number of hydrogen-bond acceptors (Lipinski definition) is 3. The monoisotopic (exact) mass is 230 g/mol.